The summed E-state index contributed by atoms with van der Waals surface area (Å²) < 4.78 is 2.08. The summed E-state index contributed by atoms with van der Waals surface area (Å²) in [5, 5.41) is 16.5. The van der Waals surface area contributed by atoms with Crippen LogP contribution in [0.5, 0.6) is 0 Å². The van der Waals surface area contributed by atoms with Crippen LogP contribution in [0.4, 0.5) is 5.82 Å². The third kappa shape index (κ3) is 3.19. The maximum Gasteiger partial charge on any atom is 0.252 e. The zero-order valence-electron chi connectivity index (χ0n) is 13.7. The number of hydrogen-bond donors (Lipinski definition) is 1. The van der Waals surface area contributed by atoms with Gasteiger partial charge in [-0.3, -0.25) is 4.79 Å². The van der Waals surface area contributed by atoms with Crippen LogP contribution in [0.1, 0.15) is 54.8 Å². The molecule has 2 aromatic rings. The van der Waals surface area contributed by atoms with E-state index in [9.17, 15) is 4.79 Å². The zero-order chi connectivity index (χ0) is 17.3. The van der Waals surface area contributed by atoms with Crippen molar-refractivity contribution in [3.05, 3.63) is 28.9 Å². The van der Waals surface area contributed by atoms with Crippen LogP contribution < -0.4 is 10.6 Å². The maximum atomic E-state index is 11.7. The molecular formula is C15H20ClN7O. The topological polar surface area (TPSA) is 103 Å². The van der Waals surface area contributed by atoms with Gasteiger partial charge in [-0.25, -0.2) is 0 Å². The van der Waals surface area contributed by atoms with Gasteiger partial charge in [-0.1, -0.05) is 11.6 Å². The minimum atomic E-state index is -0.561. The van der Waals surface area contributed by atoms with Gasteiger partial charge in [0.1, 0.15) is 12.2 Å². The highest BCUT2D eigenvalue weighted by molar-refractivity contribution is 6.29. The van der Waals surface area contributed by atoms with Crippen molar-refractivity contribution in [2.24, 2.45) is 5.73 Å². The number of halogens is 1. The molecule has 2 aromatic heterocycles. The molecule has 24 heavy (non-hydrogen) atoms. The number of piperidine rings is 1. The fraction of sp³-hybridized carbons (Fsp3) is 0.533. The smallest absolute Gasteiger partial charge is 0.252 e. The average Bonchev–Trinajstić information content (AvgIpc) is 3.05. The second-order valence-corrected chi connectivity index (χ2v) is 6.63. The Kier molecular flexibility index (Phi) is 4.66. The molecule has 1 unspecified atom stereocenters. The molecule has 1 atom stereocenters. The van der Waals surface area contributed by atoms with E-state index in [1.54, 1.807) is 6.33 Å². The van der Waals surface area contributed by atoms with Gasteiger partial charge >= 0.3 is 0 Å². The van der Waals surface area contributed by atoms with Gasteiger partial charge in [0.15, 0.2) is 11.0 Å². The lowest BCUT2D eigenvalue weighted by atomic mass is 9.96. The minimum absolute atomic E-state index is 0.153. The van der Waals surface area contributed by atoms with E-state index in [0.717, 1.165) is 25.2 Å². The number of carbonyl (C=O) groups is 1. The van der Waals surface area contributed by atoms with Gasteiger partial charge in [0, 0.05) is 25.0 Å². The van der Waals surface area contributed by atoms with Crippen molar-refractivity contribution in [2.75, 3.05) is 18.0 Å². The van der Waals surface area contributed by atoms with Crippen molar-refractivity contribution in [1.82, 2.24) is 25.0 Å². The third-order valence-corrected chi connectivity index (χ3v) is 4.44. The quantitative estimate of drug-likeness (QED) is 0.902. The van der Waals surface area contributed by atoms with E-state index < -0.39 is 5.91 Å². The Morgan fingerprint density at radius 2 is 2.17 bits per heavy atom. The van der Waals surface area contributed by atoms with Gasteiger partial charge in [-0.05, 0) is 32.8 Å². The first-order valence-electron chi connectivity index (χ1n) is 7.94. The number of carbonyl (C=O) groups excluding carboxylic acids is 1. The van der Waals surface area contributed by atoms with E-state index in [2.05, 4.69) is 38.8 Å². The standard InChI is InChI=1S/C15H20ClN7O/c1-9(2)23-8-18-20-14(23)10-4-3-5-22(7-10)15-11(13(17)24)6-12(16)19-21-15/h6,8-10H,3-5,7H2,1-2H3,(H2,17,24). The van der Waals surface area contributed by atoms with Crippen LogP contribution in [-0.2, 0) is 0 Å². The molecule has 0 radical (unpaired) electrons. The molecule has 0 aromatic carbocycles. The first kappa shape index (κ1) is 16.6. The average molecular weight is 350 g/mol. The van der Waals surface area contributed by atoms with Crippen molar-refractivity contribution in [2.45, 2.75) is 38.6 Å². The molecule has 0 bridgehead atoms. The number of anilines is 1. The number of nitrogens with two attached hydrogens (primary N) is 1. The van der Waals surface area contributed by atoms with Gasteiger partial charge in [0.05, 0.1) is 5.56 Å². The van der Waals surface area contributed by atoms with Crippen LogP contribution in [0, 0.1) is 0 Å². The van der Waals surface area contributed by atoms with Crippen molar-refractivity contribution < 1.29 is 4.79 Å². The zero-order valence-corrected chi connectivity index (χ0v) is 14.4. The fourth-order valence-electron chi connectivity index (χ4n) is 3.10. The fourth-order valence-corrected chi connectivity index (χ4v) is 3.25. The summed E-state index contributed by atoms with van der Waals surface area (Å²) in [6.45, 7) is 5.66. The Bertz CT molecular complexity index is 745. The van der Waals surface area contributed by atoms with Crippen molar-refractivity contribution in [3.63, 3.8) is 0 Å². The van der Waals surface area contributed by atoms with Crippen LogP contribution in [0.15, 0.2) is 12.4 Å². The molecule has 0 aliphatic carbocycles. The molecule has 1 aliphatic heterocycles. The molecule has 0 saturated carbocycles. The van der Waals surface area contributed by atoms with E-state index in [4.69, 9.17) is 17.3 Å². The van der Waals surface area contributed by atoms with Gasteiger partial charge in [0.25, 0.3) is 5.91 Å². The van der Waals surface area contributed by atoms with Gasteiger partial charge in [-0.15, -0.1) is 20.4 Å². The van der Waals surface area contributed by atoms with Crippen LogP contribution in [-0.4, -0.2) is 44.0 Å². The lowest BCUT2D eigenvalue weighted by Crippen LogP contribution is -2.37. The Morgan fingerprint density at radius 1 is 1.38 bits per heavy atom. The molecule has 2 N–H and O–H groups in total. The Morgan fingerprint density at radius 3 is 2.88 bits per heavy atom. The molecule has 1 aliphatic rings. The Hall–Kier alpha value is -2.22. The molecule has 1 saturated heterocycles. The number of rotatable bonds is 4. The number of primary amides is 1. The lowest BCUT2D eigenvalue weighted by molar-refractivity contribution is 0.1000. The highest BCUT2D eigenvalue weighted by Crippen LogP contribution is 2.30. The predicted octanol–water partition coefficient (Wildman–Crippen LogP) is 1.79. The van der Waals surface area contributed by atoms with Crippen molar-refractivity contribution >= 4 is 23.3 Å². The van der Waals surface area contributed by atoms with E-state index in [0.29, 0.717) is 24.0 Å². The molecule has 0 spiro atoms. The molecule has 128 valence electrons. The number of amides is 1. The largest absolute Gasteiger partial charge is 0.365 e. The van der Waals surface area contributed by atoms with Crippen LogP contribution in [0.3, 0.4) is 0 Å². The summed E-state index contributed by atoms with van der Waals surface area (Å²) in [6, 6.07) is 1.76. The van der Waals surface area contributed by atoms with Crippen LogP contribution >= 0.6 is 11.6 Å². The van der Waals surface area contributed by atoms with E-state index >= 15 is 0 Å². The minimum Gasteiger partial charge on any atom is -0.365 e. The number of hydrogen-bond acceptors (Lipinski definition) is 6. The molecule has 3 rings (SSSR count). The molecule has 1 fully saturated rings. The first-order chi connectivity index (χ1) is 11.5. The first-order valence-corrected chi connectivity index (χ1v) is 8.32. The molecule has 1 amide bonds. The second-order valence-electron chi connectivity index (χ2n) is 6.24. The van der Waals surface area contributed by atoms with Gasteiger partial charge in [0.2, 0.25) is 0 Å². The molecule has 9 heteroatoms. The van der Waals surface area contributed by atoms with E-state index in [1.165, 1.54) is 6.07 Å². The monoisotopic (exact) mass is 349 g/mol. The molecular weight excluding hydrogens is 330 g/mol. The summed E-state index contributed by atoms with van der Waals surface area (Å²) in [5.74, 6) is 1.08. The van der Waals surface area contributed by atoms with Gasteiger partial charge < -0.3 is 15.2 Å². The Balaban J connectivity index is 1.89. The predicted molar refractivity (Wildman–Crippen MR) is 90.2 cm³/mol. The third-order valence-electron chi connectivity index (χ3n) is 4.25. The van der Waals surface area contributed by atoms with Crippen LogP contribution in [0.25, 0.3) is 0 Å². The molecule has 3 heterocycles. The Labute approximate surface area is 145 Å². The summed E-state index contributed by atoms with van der Waals surface area (Å²) in [4.78, 5) is 13.7. The van der Waals surface area contributed by atoms with E-state index in [-0.39, 0.29) is 11.1 Å². The van der Waals surface area contributed by atoms with Gasteiger partial charge in [-0.2, -0.15) is 0 Å². The summed E-state index contributed by atoms with van der Waals surface area (Å²) >= 11 is 5.84. The number of nitrogens with zero attached hydrogens (tertiary/aromatic N) is 6. The van der Waals surface area contributed by atoms with Crippen molar-refractivity contribution in [3.8, 4) is 0 Å². The normalized spacial score (nSPS) is 18.2. The second kappa shape index (κ2) is 6.72. The highest BCUT2D eigenvalue weighted by Gasteiger charge is 2.29. The highest BCUT2D eigenvalue weighted by atomic mass is 35.5. The van der Waals surface area contributed by atoms with E-state index in [1.807, 2.05) is 4.90 Å². The van der Waals surface area contributed by atoms with Crippen molar-refractivity contribution in [1.29, 1.82) is 0 Å². The SMILES string of the molecule is CC(C)n1cnnc1C1CCCN(c2nnc(Cl)cc2C(N)=O)C1. The summed E-state index contributed by atoms with van der Waals surface area (Å²) in [6.07, 6.45) is 3.73. The summed E-state index contributed by atoms with van der Waals surface area (Å²) in [7, 11) is 0. The lowest BCUT2D eigenvalue weighted by Gasteiger charge is -2.33. The summed E-state index contributed by atoms with van der Waals surface area (Å²) in [5.41, 5.74) is 5.76. The number of aromatic nitrogens is 5. The van der Waals surface area contributed by atoms with Crippen LogP contribution in [0.2, 0.25) is 5.15 Å². The molecule has 8 nitrogen and oxygen atoms in total. The maximum absolute atomic E-state index is 11.7.